The van der Waals surface area contributed by atoms with Crippen molar-refractivity contribution in [3.63, 3.8) is 0 Å². The highest BCUT2D eigenvalue weighted by atomic mass is 35.5. The van der Waals surface area contributed by atoms with E-state index in [4.69, 9.17) is 31.8 Å². The molecule has 0 radical (unpaired) electrons. The Balaban J connectivity index is 1.35. The van der Waals surface area contributed by atoms with E-state index in [2.05, 4.69) is 52.5 Å². The minimum atomic E-state index is 0.0757. The summed E-state index contributed by atoms with van der Waals surface area (Å²) in [4.78, 5) is 14.2. The van der Waals surface area contributed by atoms with Crippen LogP contribution in [0.15, 0.2) is 109 Å². The fourth-order valence-electron chi connectivity index (χ4n) is 4.95. The minimum absolute atomic E-state index is 0.0757. The lowest BCUT2D eigenvalue weighted by Crippen LogP contribution is -2.06. The number of halogens is 1. The number of hydrogen-bond donors (Lipinski definition) is 0. The van der Waals surface area contributed by atoms with Crippen LogP contribution in [-0.2, 0) is 0 Å². The molecule has 0 saturated heterocycles. The van der Waals surface area contributed by atoms with Gasteiger partial charge in [0.05, 0.1) is 0 Å². The largest absolute Gasteiger partial charge is 0.261 e. The fraction of sp³-hybridized carbons (Fsp3) is 0. The summed E-state index contributed by atoms with van der Waals surface area (Å²) in [6.07, 6.45) is 0. The second-order valence-electron chi connectivity index (χ2n) is 9.25. The first kappa shape index (κ1) is 22.6. The summed E-state index contributed by atoms with van der Waals surface area (Å²) in [7, 11) is 0. The summed E-state index contributed by atoms with van der Waals surface area (Å²) in [6, 6.07) is 36.5. The molecule has 10 heteroatoms. The van der Waals surface area contributed by atoms with E-state index in [-0.39, 0.29) is 5.28 Å². The van der Waals surface area contributed by atoms with Gasteiger partial charge in [0.1, 0.15) is 0 Å². The first-order valence-corrected chi connectivity index (χ1v) is 13.0. The van der Waals surface area contributed by atoms with Crippen LogP contribution in [0, 0.1) is 0 Å². The number of hydrogen-bond acceptors (Lipinski definition) is 6. The molecule has 4 aromatic carbocycles. The Morgan fingerprint density at radius 3 is 1.70 bits per heavy atom. The molecule has 4 heterocycles. The molecule has 0 amide bonds. The highest BCUT2D eigenvalue weighted by molar-refractivity contribution is 6.28. The predicted molar refractivity (Wildman–Crippen MR) is 153 cm³/mol. The van der Waals surface area contributed by atoms with Gasteiger partial charge in [-0.25, -0.2) is 0 Å². The van der Waals surface area contributed by atoms with Crippen LogP contribution >= 0.6 is 11.6 Å². The van der Waals surface area contributed by atoms with Gasteiger partial charge in [0.15, 0.2) is 11.6 Å². The maximum atomic E-state index is 6.26. The van der Waals surface area contributed by atoms with Gasteiger partial charge in [-0.2, -0.15) is 28.5 Å². The number of fused-ring (bicyclic) bond motifs is 6. The summed E-state index contributed by atoms with van der Waals surface area (Å²) < 4.78 is 4.76. The molecule has 0 N–H and O–H groups in total. The van der Waals surface area contributed by atoms with E-state index in [9.17, 15) is 0 Å². The van der Waals surface area contributed by atoms with Crippen molar-refractivity contribution in [2.45, 2.75) is 0 Å². The van der Waals surface area contributed by atoms with Crippen LogP contribution in [0.3, 0.4) is 0 Å². The topological polar surface area (TPSA) is 90.6 Å². The fourth-order valence-corrected chi connectivity index (χ4v) is 5.10. The maximum Gasteiger partial charge on any atom is 0.261 e. The molecule has 0 aliphatic carbocycles. The molecule has 8 aromatic rings. The molecule has 0 aliphatic heterocycles. The van der Waals surface area contributed by atoms with Gasteiger partial charge in [-0.15, -0.1) is 15.3 Å². The molecule has 0 bridgehead atoms. The first-order valence-electron chi connectivity index (χ1n) is 12.6. The van der Waals surface area contributed by atoms with Crippen molar-refractivity contribution in [1.82, 2.24) is 43.8 Å². The van der Waals surface area contributed by atoms with Crippen molar-refractivity contribution in [3.8, 4) is 45.0 Å². The Morgan fingerprint density at radius 2 is 0.950 bits per heavy atom. The first-order chi connectivity index (χ1) is 19.7. The predicted octanol–water partition coefficient (Wildman–Crippen LogP) is 6.14. The van der Waals surface area contributed by atoms with Gasteiger partial charge < -0.3 is 0 Å². The van der Waals surface area contributed by atoms with Gasteiger partial charge in [0, 0.05) is 11.1 Å². The number of aromatic nitrogens is 9. The second-order valence-corrected chi connectivity index (χ2v) is 9.58. The lowest BCUT2D eigenvalue weighted by molar-refractivity contribution is 0.817. The van der Waals surface area contributed by atoms with Gasteiger partial charge >= 0.3 is 0 Å². The van der Waals surface area contributed by atoms with Gasteiger partial charge in [-0.3, -0.25) is 0 Å². The molecule has 0 aliphatic rings. The van der Waals surface area contributed by atoms with Crippen LogP contribution in [0.5, 0.6) is 0 Å². The summed E-state index contributed by atoms with van der Waals surface area (Å²) in [6.45, 7) is 0. The van der Waals surface area contributed by atoms with Crippen molar-refractivity contribution in [3.05, 3.63) is 114 Å². The molecule has 8 rings (SSSR count). The van der Waals surface area contributed by atoms with Crippen molar-refractivity contribution < 1.29 is 0 Å². The van der Waals surface area contributed by atoms with Crippen LogP contribution in [0.25, 0.3) is 62.4 Å². The monoisotopic (exact) mass is 539 g/mol. The summed E-state index contributed by atoms with van der Waals surface area (Å²) in [5.74, 6) is 2.31. The third-order valence-corrected chi connectivity index (χ3v) is 6.95. The number of nitrogens with zero attached hydrogens (tertiary/aromatic N) is 9. The Morgan fingerprint density at radius 1 is 0.425 bits per heavy atom. The zero-order chi connectivity index (χ0) is 26.6. The van der Waals surface area contributed by atoms with E-state index in [0.717, 1.165) is 33.4 Å². The molecule has 190 valence electrons. The molecule has 0 unspecified atom stereocenters. The third kappa shape index (κ3) is 3.56. The molecule has 9 nitrogen and oxygen atoms in total. The maximum absolute atomic E-state index is 6.26. The molecule has 0 spiro atoms. The summed E-state index contributed by atoms with van der Waals surface area (Å²) in [5.41, 5.74) is 6.00. The normalized spacial score (nSPS) is 11.6. The van der Waals surface area contributed by atoms with Crippen LogP contribution < -0.4 is 0 Å². The lowest BCUT2D eigenvalue weighted by atomic mass is 9.99. The molecule has 4 aromatic heterocycles. The average molecular weight is 540 g/mol. The highest BCUT2D eigenvalue weighted by Gasteiger charge is 2.22. The van der Waals surface area contributed by atoms with Crippen LogP contribution in [-0.4, -0.2) is 43.8 Å². The smallest absolute Gasteiger partial charge is 0.189 e. The highest BCUT2D eigenvalue weighted by Crippen LogP contribution is 2.31. The lowest BCUT2D eigenvalue weighted by Gasteiger charge is -2.06. The van der Waals surface area contributed by atoms with Gasteiger partial charge in [-0.1, -0.05) is 103 Å². The van der Waals surface area contributed by atoms with Gasteiger partial charge in [0.25, 0.3) is 17.3 Å². The van der Waals surface area contributed by atoms with E-state index in [1.54, 1.807) is 9.03 Å². The van der Waals surface area contributed by atoms with Crippen LogP contribution in [0.1, 0.15) is 0 Å². The van der Waals surface area contributed by atoms with E-state index in [0.29, 0.717) is 29.0 Å². The number of rotatable bonds is 4. The van der Waals surface area contributed by atoms with Crippen molar-refractivity contribution in [1.29, 1.82) is 0 Å². The Labute approximate surface area is 232 Å². The third-order valence-electron chi connectivity index (χ3n) is 6.79. The molecule has 0 fully saturated rings. The minimum Gasteiger partial charge on any atom is -0.189 e. The zero-order valence-corrected chi connectivity index (χ0v) is 21.6. The second kappa shape index (κ2) is 8.82. The SMILES string of the molecule is Clc1nc2n(n1)c1nc(-c3cccc(-c4ccccc4)c3)nn1c1nc(-c3ccccc3-c3ccccc3)nn21. The zero-order valence-electron chi connectivity index (χ0n) is 20.8. The Hall–Kier alpha value is -5.41. The molecule has 0 saturated carbocycles. The van der Waals surface area contributed by atoms with Crippen molar-refractivity contribution >= 4 is 28.9 Å². The van der Waals surface area contributed by atoms with Crippen LogP contribution in [0.2, 0.25) is 5.28 Å². The Kier molecular flexibility index (Phi) is 4.98. The summed E-state index contributed by atoms with van der Waals surface area (Å²) >= 11 is 6.26. The molecular formula is C30H18ClN9. The van der Waals surface area contributed by atoms with E-state index in [1.807, 2.05) is 66.7 Å². The molecular weight excluding hydrogens is 522 g/mol. The van der Waals surface area contributed by atoms with Gasteiger partial charge in [-0.05, 0) is 39.9 Å². The number of benzene rings is 4. The summed E-state index contributed by atoms with van der Waals surface area (Å²) in [5, 5.41) is 14.1. The van der Waals surface area contributed by atoms with E-state index >= 15 is 0 Å². The Bertz CT molecular complexity index is 2180. The molecule has 40 heavy (non-hydrogen) atoms. The van der Waals surface area contributed by atoms with Gasteiger partial charge in [0.2, 0.25) is 5.28 Å². The van der Waals surface area contributed by atoms with E-state index in [1.165, 1.54) is 4.52 Å². The van der Waals surface area contributed by atoms with Crippen LogP contribution in [0.4, 0.5) is 0 Å². The standard InChI is InChI=1S/C30H18ClN9/c31-27-34-30-39-29(33-26(36-39)24-17-8-7-16-23(24)20-12-5-2-6-13-20)38-28(40(30)37-27)32-25(35-38)22-15-9-14-21(18-22)19-10-3-1-4-11-19/h1-18H. The molecule has 0 atom stereocenters. The quantitative estimate of drug-likeness (QED) is 0.267. The van der Waals surface area contributed by atoms with E-state index < -0.39 is 0 Å². The van der Waals surface area contributed by atoms with Crippen molar-refractivity contribution in [2.24, 2.45) is 0 Å². The van der Waals surface area contributed by atoms with Crippen molar-refractivity contribution in [2.75, 3.05) is 0 Å². The average Bonchev–Trinajstić information content (AvgIpc) is 3.75.